The minimum absolute atomic E-state index is 0.168. The monoisotopic (exact) mass is 551 g/mol. The van der Waals surface area contributed by atoms with Crippen molar-refractivity contribution in [3.8, 4) is 0 Å². The molecule has 0 radical (unpaired) electrons. The molecule has 220 valence electrons. The first-order chi connectivity index (χ1) is 19.0. The first-order valence-electron chi connectivity index (χ1n) is 14.7. The number of hydrogen-bond donors (Lipinski definition) is 2. The largest absolute Gasteiger partial charge is 0.444 e. The molecule has 40 heavy (non-hydrogen) atoms. The Kier molecular flexibility index (Phi) is 13.2. The fourth-order valence-corrected chi connectivity index (χ4v) is 4.57. The highest BCUT2D eigenvalue weighted by atomic mass is 16.6. The molecular formula is C33H49N3O4. The van der Waals surface area contributed by atoms with Crippen molar-refractivity contribution in [2.24, 2.45) is 5.92 Å². The number of amides is 3. The lowest BCUT2D eigenvalue weighted by Gasteiger charge is -2.36. The van der Waals surface area contributed by atoms with E-state index in [9.17, 15) is 14.4 Å². The second kappa shape index (κ2) is 16.0. The lowest BCUT2D eigenvalue weighted by atomic mass is 9.95. The minimum Gasteiger partial charge on any atom is -0.444 e. The Morgan fingerprint density at radius 3 is 2.12 bits per heavy atom. The second-order valence-electron chi connectivity index (χ2n) is 11.6. The van der Waals surface area contributed by atoms with Crippen LogP contribution in [0, 0.1) is 12.8 Å². The summed E-state index contributed by atoms with van der Waals surface area (Å²) in [6, 6.07) is 15.3. The molecule has 0 spiro atoms. The van der Waals surface area contributed by atoms with Crippen LogP contribution >= 0.6 is 0 Å². The molecule has 0 aliphatic heterocycles. The topological polar surface area (TPSA) is 87.7 Å². The Morgan fingerprint density at radius 2 is 1.52 bits per heavy atom. The van der Waals surface area contributed by atoms with E-state index in [2.05, 4.69) is 17.6 Å². The van der Waals surface area contributed by atoms with Gasteiger partial charge in [-0.2, -0.15) is 0 Å². The van der Waals surface area contributed by atoms with Gasteiger partial charge in [-0.05, 0) is 57.2 Å². The number of rotatable bonds is 14. The summed E-state index contributed by atoms with van der Waals surface area (Å²) in [5, 5.41) is 5.90. The Balaban J connectivity index is 2.50. The van der Waals surface area contributed by atoms with Crippen LogP contribution in [-0.2, 0) is 14.3 Å². The van der Waals surface area contributed by atoms with E-state index in [1.54, 1.807) is 25.7 Å². The Hall–Kier alpha value is -3.35. The van der Waals surface area contributed by atoms with Crippen LogP contribution < -0.4 is 10.6 Å². The van der Waals surface area contributed by atoms with E-state index in [0.29, 0.717) is 18.7 Å². The number of nitrogens with zero attached hydrogens (tertiary/aromatic N) is 1. The van der Waals surface area contributed by atoms with Gasteiger partial charge in [-0.15, -0.1) is 0 Å². The van der Waals surface area contributed by atoms with Gasteiger partial charge in [0.05, 0.1) is 0 Å². The molecule has 7 nitrogen and oxygen atoms in total. The van der Waals surface area contributed by atoms with Gasteiger partial charge < -0.3 is 20.3 Å². The van der Waals surface area contributed by atoms with Gasteiger partial charge in [0.15, 0.2) is 0 Å². The van der Waals surface area contributed by atoms with Crippen molar-refractivity contribution in [2.45, 2.75) is 105 Å². The number of benzene rings is 2. The quantitative estimate of drug-likeness (QED) is 0.239. The van der Waals surface area contributed by atoms with Crippen LogP contribution in [0.1, 0.15) is 97.2 Å². The number of ether oxygens (including phenoxy) is 1. The van der Waals surface area contributed by atoms with E-state index in [-0.39, 0.29) is 17.7 Å². The lowest BCUT2D eigenvalue weighted by Crippen LogP contribution is -2.55. The average Bonchev–Trinajstić information content (AvgIpc) is 2.91. The number of carbonyl (C=O) groups excluding carboxylic acids is 3. The Bertz CT molecular complexity index is 1080. The summed E-state index contributed by atoms with van der Waals surface area (Å²) in [5.41, 5.74) is 1.65. The molecule has 2 aromatic rings. The van der Waals surface area contributed by atoms with Gasteiger partial charge in [-0.3, -0.25) is 9.59 Å². The number of hydrogen-bond acceptors (Lipinski definition) is 4. The van der Waals surface area contributed by atoms with E-state index in [1.165, 1.54) is 0 Å². The van der Waals surface area contributed by atoms with Gasteiger partial charge in [-0.25, -0.2) is 4.79 Å². The number of carbonyl (C=O) groups is 3. The summed E-state index contributed by atoms with van der Waals surface area (Å²) >= 11 is 0. The van der Waals surface area contributed by atoms with Crippen LogP contribution in [0.2, 0.25) is 0 Å². The summed E-state index contributed by atoms with van der Waals surface area (Å²) in [6.45, 7) is 13.8. The number of alkyl carbamates (subject to hydrolysis) is 1. The molecule has 2 aromatic carbocycles. The van der Waals surface area contributed by atoms with Crippen LogP contribution in [0.25, 0.3) is 0 Å². The van der Waals surface area contributed by atoms with Crippen LogP contribution in [0.4, 0.5) is 10.5 Å². The maximum Gasteiger partial charge on any atom is 0.408 e. The van der Waals surface area contributed by atoms with Crippen molar-refractivity contribution in [3.63, 3.8) is 0 Å². The summed E-state index contributed by atoms with van der Waals surface area (Å²) in [7, 11) is 0. The molecule has 3 atom stereocenters. The van der Waals surface area contributed by atoms with Gasteiger partial charge in [0.25, 0.3) is 5.91 Å². The summed E-state index contributed by atoms with van der Waals surface area (Å²) in [6.07, 6.45) is 5.04. The van der Waals surface area contributed by atoms with Crippen molar-refractivity contribution < 1.29 is 19.1 Å². The van der Waals surface area contributed by atoms with E-state index >= 15 is 0 Å². The SMILES string of the molecule is CCCCCCCN(C(=O)C(NC(=O)OC(C)(C)C)C(C)CC)C(C(=O)Nc1ccccc1C)c1ccccc1. The third-order valence-corrected chi connectivity index (χ3v) is 7.02. The Labute approximate surface area is 241 Å². The lowest BCUT2D eigenvalue weighted by molar-refractivity contribution is -0.142. The van der Waals surface area contributed by atoms with Crippen LogP contribution in [-0.4, -0.2) is 41.0 Å². The smallest absolute Gasteiger partial charge is 0.408 e. The fraction of sp³-hybridized carbons (Fsp3) is 0.545. The normalized spacial score (nSPS) is 13.6. The van der Waals surface area contributed by atoms with Gasteiger partial charge >= 0.3 is 6.09 Å². The van der Waals surface area contributed by atoms with Gasteiger partial charge in [0, 0.05) is 12.2 Å². The first-order valence-corrected chi connectivity index (χ1v) is 14.7. The molecule has 3 amide bonds. The highest BCUT2D eigenvalue weighted by Gasteiger charge is 2.38. The molecule has 0 fully saturated rings. The number of nitrogens with one attached hydrogen (secondary N) is 2. The fourth-order valence-electron chi connectivity index (χ4n) is 4.57. The molecule has 3 unspecified atom stereocenters. The van der Waals surface area contributed by atoms with Crippen LogP contribution in [0.3, 0.4) is 0 Å². The van der Waals surface area contributed by atoms with E-state index in [4.69, 9.17) is 4.74 Å². The van der Waals surface area contributed by atoms with Crippen molar-refractivity contribution in [1.29, 1.82) is 0 Å². The van der Waals surface area contributed by atoms with Crippen molar-refractivity contribution in [2.75, 3.05) is 11.9 Å². The molecule has 0 bridgehead atoms. The van der Waals surface area contributed by atoms with Crippen molar-refractivity contribution in [3.05, 3.63) is 65.7 Å². The van der Waals surface area contributed by atoms with Gasteiger partial charge in [0.1, 0.15) is 17.7 Å². The summed E-state index contributed by atoms with van der Waals surface area (Å²) in [5.74, 6) is -0.745. The molecule has 0 aromatic heterocycles. The third kappa shape index (κ3) is 10.3. The maximum absolute atomic E-state index is 14.4. The average molecular weight is 552 g/mol. The standard InChI is InChI=1S/C33H49N3O4/c1-8-10-11-12-18-23-36(31(38)28(24(3)9-2)35-32(39)40-33(5,6)7)29(26-20-14-13-15-21-26)30(37)34-27-22-17-16-19-25(27)4/h13-17,19-22,24,28-29H,8-12,18,23H2,1-7H3,(H,34,37)(H,35,39). The highest BCUT2D eigenvalue weighted by Crippen LogP contribution is 2.27. The van der Waals surface area contributed by atoms with Crippen LogP contribution in [0.5, 0.6) is 0 Å². The molecule has 0 aliphatic carbocycles. The number of unbranched alkanes of at least 4 members (excludes halogenated alkanes) is 4. The summed E-state index contributed by atoms with van der Waals surface area (Å²) < 4.78 is 5.50. The van der Waals surface area contributed by atoms with E-state index < -0.39 is 23.8 Å². The highest BCUT2D eigenvalue weighted by molar-refractivity contribution is 5.99. The predicted octanol–water partition coefficient (Wildman–Crippen LogP) is 7.41. The minimum atomic E-state index is -0.869. The zero-order valence-corrected chi connectivity index (χ0v) is 25.5. The molecule has 7 heteroatoms. The molecular weight excluding hydrogens is 502 g/mol. The molecule has 2 N–H and O–H groups in total. The number of para-hydroxylation sites is 1. The number of aryl methyl sites for hydroxylation is 1. The van der Waals surface area contributed by atoms with Gasteiger partial charge in [-0.1, -0.05) is 101 Å². The predicted molar refractivity (Wildman–Crippen MR) is 162 cm³/mol. The van der Waals surface area contributed by atoms with Gasteiger partial charge in [0.2, 0.25) is 5.91 Å². The zero-order chi connectivity index (χ0) is 29.7. The first kappa shape index (κ1) is 32.9. The maximum atomic E-state index is 14.4. The van der Waals surface area contributed by atoms with Crippen LogP contribution in [0.15, 0.2) is 54.6 Å². The molecule has 0 heterocycles. The molecule has 2 rings (SSSR count). The van der Waals surface area contributed by atoms with Crippen molar-refractivity contribution >= 4 is 23.6 Å². The van der Waals surface area contributed by atoms with E-state index in [1.807, 2.05) is 75.4 Å². The molecule has 0 aliphatic rings. The zero-order valence-electron chi connectivity index (χ0n) is 25.5. The second-order valence-corrected chi connectivity index (χ2v) is 11.6. The third-order valence-electron chi connectivity index (χ3n) is 7.02. The van der Waals surface area contributed by atoms with Crippen molar-refractivity contribution in [1.82, 2.24) is 10.2 Å². The molecule has 0 saturated heterocycles. The van der Waals surface area contributed by atoms with E-state index in [0.717, 1.165) is 43.2 Å². The number of anilines is 1. The Morgan fingerprint density at radius 1 is 0.900 bits per heavy atom. The summed E-state index contributed by atoms with van der Waals surface area (Å²) in [4.78, 5) is 42.9. The molecule has 0 saturated carbocycles.